The second kappa shape index (κ2) is 13.1. The lowest BCUT2D eigenvalue weighted by atomic mass is 10.2. The minimum atomic E-state index is -0.456. The van der Waals surface area contributed by atoms with Gasteiger partial charge >= 0.3 is 0 Å². The molecule has 0 heterocycles. The molecule has 0 atom stereocenters. The Morgan fingerprint density at radius 2 is 1.17 bits per heavy atom. The molecule has 0 spiro atoms. The van der Waals surface area contributed by atoms with Gasteiger partial charge in [-0.3, -0.25) is 24.0 Å². The molecule has 0 fully saturated rings. The zero-order valence-electron chi connectivity index (χ0n) is 13.5. The van der Waals surface area contributed by atoms with Crippen LogP contribution in [0.2, 0.25) is 0 Å². The zero-order chi connectivity index (χ0) is 18.4. The minimum Gasteiger partial charge on any atom is -0.349 e. The third-order valence-electron chi connectivity index (χ3n) is 3.00. The van der Waals surface area contributed by atoms with Crippen molar-refractivity contribution >= 4 is 35.5 Å². The smallest absolute Gasteiger partial charge is 0.220 e. The maximum Gasteiger partial charge on any atom is 0.220 e. The van der Waals surface area contributed by atoms with E-state index in [0.717, 1.165) is 0 Å². The molecule has 24 heavy (non-hydrogen) atoms. The third kappa shape index (κ3) is 12.2. The number of carbonyl (C=O) groups is 6. The van der Waals surface area contributed by atoms with Gasteiger partial charge in [0.05, 0.1) is 19.6 Å². The predicted octanol–water partition coefficient (Wildman–Crippen LogP) is -1.58. The van der Waals surface area contributed by atoms with Crippen molar-refractivity contribution < 1.29 is 28.8 Å². The number of amides is 2. The van der Waals surface area contributed by atoms with Crippen LogP contribution in [0, 0.1) is 0 Å². The number of nitrogens with one attached hydrogen (secondary N) is 2. The van der Waals surface area contributed by atoms with E-state index < -0.39 is 11.8 Å². The topological polar surface area (TPSA) is 152 Å². The lowest BCUT2D eigenvalue weighted by molar-refractivity contribution is -0.128. The average Bonchev–Trinajstić information content (AvgIpc) is 2.58. The number of aldehydes is 1. The number of carbonyl (C=O) groups excluding carboxylic acids is 6. The summed E-state index contributed by atoms with van der Waals surface area (Å²) in [5.41, 5.74) is 5.11. The summed E-state index contributed by atoms with van der Waals surface area (Å²) in [4.78, 5) is 66.6. The van der Waals surface area contributed by atoms with Crippen LogP contribution in [0.1, 0.15) is 38.5 Å². The van der Waals surface area contributed by atoms with Crippen LogP contribution < -0.4 is 16.4 Å². The number of nitrogens with two attached hydrogens (primary N) is 1. The van der Waals surface area contributed by atoms with E-state index in [1.165, 1.54) is 0 Å². The Balaban J connectivity index is 3.79. The Kier molecular flexibility index (Phi) is 11.7. The van der Waals surface area contributed by atoms with Crippen molar-refractivity contribution in [2.75, 3.05) is 19.6 Å². The lowest BCUT2D eigenvalue weighted by Gasteiger charge is -2.05. The maximum atomic E-state index is 11.5. The highest BCUT2D eigenvalue weighted by atomic mass is 16.2. The lowest BCUT2D eigenvalue weighted by Crippen LogP contribution is -2.32. The van der Waals surface area contributed by atoms with E-state index in [-0.39, 0.29) is 75.5 Å². The molecule has 0 aliphatic heterocycles. The number of ketones is 3. The van der Waals surface area contributed by atoms with E-state index in [9.17, 15) is 28.8 Å². The van der Waals surface area contributed by atoms with E-state index in [1.54, 1.807) is 0 Å². The molecule has 4 N–H and O–H groups in total. The summed E-state index contributed by atoms with van der Waals surface area (Å²) in [6, 6.07) is 0. The molecule has 0 rings (SSSR count). The Morgan fingerprint density at radius 1 is 0.708 bits per heavy atom. The van der Waals surface area contributed by atoms with Crippen molar-refractivity contribution in [2.24, 2.45) is 5.73 Å². The Hall–Kier alpha value is -2.42. The van der Waals surface area contributed by atoms with Crippen molar-refractivity contribution in [3.63, 3.8) is 0 Å². The summed E-state index contributed by atoms with van der Waals surface area (Å²) in [6.07, 6.45) is 0.630. The molecule has 0 bridgehead atoms. The highest BCUT2D eigenvalue weighted by Crippen LogP contribution is 1.94. The molecular weight excluding hydrogens is 318 g/mol. The van der Waals surface area contributed by atoms with E-state index in [4.69, 9.17) is 5.73 Å². The van der Waals surface area contributed by atoms with Gasteiger partial charge < -0.3 is 21.2 Å². The van der Waals surface area contributed by atoms with E-state index in [1.807, 2.05) is 0 Å². The number of hydrogen-bond acceptors (Lipinski definition) is 7. The van der Waals surface area contributed by atoms with Gasteiger partial charge in [0.15, 0.2) is 11.6 Å². The molecule has 2 amide bonds. The van der Waals surface area contributed by atoms with E-state index >= 15 is 0 Å². The Labute approximate surface area is 139 Å². The summed E-state index contributed by atoms with van der Waals surface area (Å²) < 4.78 is 0. The fraction of sp³-hybridized carbons (Fsp3) is 0.600. The zero-order valence-corrected chi connectivity index (χ0v) is 13.5. The van der Waals surface area contributed by atoms with Crippen LogP contribution in [-0.4, -0.2) is 55.1 Å². The molecule has 0 unspecified atom stereocenters. The number of rotatable bonds is 14. The molecule has 0 aromatic carbocycles. The van der Waals surface area contributed by atoms with Crippen LogP contribution >= 0.6 is 0 Å². The number of Topliss-reactive ketones (excluding diaryl/α,β-unsaturated/α-hetero) is 3. The molecule has 0 aromatic heterocycles. The fourth-order valence-electron chi connectivity index (χ4n) is 1.58. The first-order chi connectivity index (χ1) is 11.4. The second-order valence-corrected chi connectivity index (χ2v) is 5.08. The maximum absolute atomic E-state index is 11.5. The summed E-state index contributed by atoms with van der Waals surface area (Å²) in [6.45, 7) is -0.521. The summed E-state index contributed by atoms with van der Waals surface area (Å²) >= 11 is 0. The molecule has 9 nitrogen and oxygen atoms in total. The van der Waals surface area contributed by atoms with Crippen molar-refractivity contribution in [3.8, 4) is 0 Å². The second-order valence-electron chi connectivity index (χ2n) is 5.08. The van der Waals surface area contributed by atoms with Crippen LogP contribution in [0.4, 0.5) is 0 Å². The SMILES string of the molecule is NCC(=O)CCC(=O)NCC(=O)CCC(=O)NCC(=O)CCC=O. The number of hydrogen-bond donors (Lipinski definition) is 3. The van der Waals surface area contributed by atoms with Crippen LogP contribution in [0.3, 0.4) is 0 Å². The molecule has 9 heteroatoms. The molecule has 0 aliphatic carbocycles. The van der Waals surface area contributed by atoms with Crippen molar-refractivity contribution in [3.05, 3.63) is 0 Å². The summed E-state index contributed by atoms with van der Waals surface area (Å²) in [5.74, 6) is -1.73. The largest absolute Gasteiger partial charge is 0.349 e. The van der Waals surface area contributed by atoms with Crippen LogP contribution in [-0.2, 0) is 28.8 Å². The molecule has 0 radical (unpaired) electrons. The van der Waals surface area contributed by atoms with Crippen LogP contribution in [0.15, 0.2) is 0 Å². The van der Waals surface area contributed by atoms with Crippen molar-refractivity contribution in [1.29, 1.82) is 0 Å². The monoisotopic (exact) mass is 341 g/mol. The molecule has 0 aliphatic rings. The quantitative estimate of drug-likeness (QED) is 0.322. The van der Waals surface area contributed by atoms with Gasteiger partial charge in [-0.1, -0.05) is 0 Å². The predicted molar refractivity (Wildman–Crippen MR) is 83.9 cm³/mol. The minimum absolute atomic E-state index is 0.0249. The molecule has 0 saturated heterocycles. The Bertz CT molecular complexity index is 490. The van der Waals surface area contributed by atoms with Gasteiger partial charge in [-0.25, -0.2) is 0 Å². The van der Waals surface area contributed by atoms with Gasteiger partial charge in [0, 0.05) is 38.5 Å². The molecule has 0 saturated carbocycles. The first-order valence-electron chi connectivity index (χ1n) is 7.61. The van der Waals surface area contributed by atoms with Crippen LogP contribution in [0.5, 0.6) is 0 Å². The van der Waals surface area contributed by atoms with Gasteiger partial charge in [0.1, 0.15) is 12.1 Å². The van der Waals surface area contributed by atoms with Gasteiger partial charge in [-0.15, -0.1) is 0 Å². The van der Waals surface area contributed by atoms with Crippen LogP contribution in [0.25, 0.3) is 0 Å². The van der Waals surface area contributed by atoms with E-state index in [0.29, 0.717) is 6.29 Å². The highest BCUT2D eigenvalue weighted by molar-refractivity contribution is 5.91. The first-order valence-corrected chi connectivity index (χ1v) is 7.61. The molecule has 134 valence electrons. The standard InChI is InChI=1S/C15H23N3O6/c16-8-11(20)3-5-14(23)18-10-13(22)4-6-15(24)17-9-12(21)2-1-7-19/h7H,1-6,8-10,16H2,(H,17,24)(H,18,23). The first kappa shape index (κ1) is 21.6. The summed E-state index contributed by atoms with van der Waals surface area (Å²) in [5, 5.41) is 4.72. The van der Waals surface area contributed by atoms with E-state index in [2.05, 4.69) is 10.6 Å². The van der Waals surface area contributed by atoms with Crippen molar-refractivity contribution in [1.82, 2.24) is 10.6 Å². The van der Waals surface area contributed by atoms with Gasteiger partial charge in [0.2, 0.25) is 11.8 Å². The van der Waals surface area contributed by atoms with Gasteiger partial charge in [-0.05, 0) is 0 Å². The Morgan fingerprint density at radius 3 is 1.62 bits per heavy atom. The highest BCUT2D eigenvalue weighted by Gasteiger charge is 2.11. The third-order valence-corrected chi connectivity index (χ3v) is 3.00. The molecular formula is C15H23N3O6. The molecule has 0 aromatic rings. The normalized spacial score (nSPS) is 9.88. The van der Waals surface area contributed by atoms with Gasteiger partial charge in [-0.2, -0.15) is 0 Å². The van der Waals surface area contributed by atoms with Gasteiger partial charge in [0.25, 0.3) is 0 Å². The van der Waals surface area contributed by atoms with Crippen molar-refractivity contribution in [2.45, 2.75) is 38.5 Å². The average molecular weight is 341 g/mol. The fourth-order valence-corrected chi connectivity index (χ4v) is 1.58. The summed E-state index contributed by atoms with van der Waals surface area (Å²) in [7, 11) is 0.